The quantitative estimate of drug-likeness (QED) is 0.390. The third kappa shape index (κ3) is 4.76. The van der Waals surface area contributed by atoms with Gasteiger partial charge in [-0.3, -0.25) is 9.78 Å². The molecule has 2 heterocycles. The Morgan fingerprint density at radius 1 is 1.27 bits per heavy atom. The molecule has 0 N–H and O–H groups in total. The molecule has 1 aromatic carbocycles. The molecule has 3 aromatic rings. The zero-order valence-electron chi connectivity index (χ0n) is 18.3. The Balaban J connectivity index is 2.25. The Morgan fingerprint density at radius 2 is 2.03 bits per heavy atom. The lowest BCUT2D eigenvalue weighted by molar-refractivity contribution is -0.143. The summed E-state index contributed by atoms with van der Waals surface area (Å²) < 4.78 is 14.2. The average Bonchev–Trinajstić information content (AvgIpc) is 2.99. The Hall–Kier alpha value is -2.18. The molecule has 30 heavy (non-hydrogen) atoms. The van der Waals surface area contributed by atoms with Crippen LogP contribution in [-0.4, -0.2) is 29.2 Å². The fraction of sp³-hybridized carbons (Fsp3) is 0.417. The summed E-state index contributed by atoms with van der Waals surface area (Å²) >= 11 is 3.64. The Labute approximate surface area is 186 Å². The molecule has 0 unspecified atom stereocenters. The Morgan fingerprint density at radius 3 is 2.70 bits per heavy atom. The molecule has 0 amide bonds. The Bertz CT molecular complexity index is 1060. The molecular formula is C24H29BrN2O3. The van der Waals surface area contributed by atoms with E-state index in [0.717, 1.165) is 34.4 Å². The number of nitrogens with zero attached hydrogens (tertiary/aromatic N) is 2. The van der Waals surface area contributed by atoms with Crippen LogP contribution in [0.2, 0.25) is 0 Å². The molecule has 0 aliphatic rings. The number of pyridine rings is 1. The first-order chi connectivity index (χ1) is 14.3. The van der Waals surface area contributed by atoms with Gasteiger partial charge in [0, 0.05) is 53.1 Å². The van der Waals surface area contributed by atoms with E-state index in [2.05, 4.69) is 70.5 Å². The number of methoxy groups -OCH3 is 1. The minimum atomic E-state index is -0.253. The number of rotatable bonds is 8. The van der Waals surface area contributed by atoms with Gasteiger partial charge in [0.25, 0.3) is 0 Å². The first-order valence-corrected chi connectivity index (χ1v) is 10.9. The predicted molar refractivity (Wildman–Crippen MR) is 123 cm³/mol. The van der Waals surface area contributed by atoms with E-state index in [9.17, 15) is 4.79 Å². The number of carbonyl (C=O) groups is 1. The number of ether oxygens (including phenoxy) is 2. The van der Waals surface area contributed by atoms with Gasteiger partial charge in [0.2, 0.25) is 0 Å². The number of fused-ring (bicyclic) bond motifs is 1. The monoisotopic (exact) mass is 472 g/mol. The maximum Gasteiger partial charge on any atom is 0.302 e. The summed E-state index contributed by atoms with van der Waals surface area (Å²) in [5, 5.41) is 1.20. The molecule has 0 aliphatic carbocycles. The first kappa shape index (κ1) is 22.5. The molecule has 3 rings (SSSR count). The normalized spacial score (nSPS) is 11.8. The molecule has 5 nitrogen and oxygen atoms in total. The summed E-state index contributed by atoms with van der Waals surface area (Å²) in [7, 11) is 1.69. The van der Waals surface area contributed by atoms with Crippen LogP contribution in [-0.2, 0) is 33.8 Å². The Kier molecular flexibility index (Phi) is 6.98. The largest absolute Gasteiger partial charge is 0.465 e. The van der Waals surface area contributed by atoms with E-state index < -0.39 is 0 Å². The third-order valence-electron chi connectivity index (χ3n) is 5.19. The first-order valence-electron chi connectivity index (χ1n) is 10.1. The number of halogens is 1. The number of benzene rings is 1. The van der Waals surface area contributed by atoms with E-state index in [4.69, 9.17) is 9.47 Å². The number of aromatic nitrogens is 2. The van der Waals surface area contributed by atoms with Gasteiger partial charge in [-0.2, -0.15) is 0 Å². The lowest BCUT2D eigenvalue weighted by Crippen LogP contribution is -2.24. The highest BCUT2D eigenvalue weighted by molar-refractivity contribution is 9.10. The second kappa shape index (κ2) is 9.31. The highest BCUT2D eigenvalue weighted by atomic mass is 79.9. The fourth-order valence-electron chi connectivity index (χ4n) is 3.94. The van der Waals surface area contributed by atoms with Crippen molar-refractivity contribution in [3.05, 3.63) is 52.3 Å². The number of carbonyl (C=O) groups excluding carboxylic acids is 1. The molecule has 6 heteroatoms. The lowest BCUT2D eigenvalue weighted by Gasteiger charge is -2.25. The number of hydrogen-bond acceptors (Lipinski definition) is 4. The third-order valence-corrected chi connectivity index (χ3v) is 5.69. The minimum absolute atomic E-state index is 0.223. The van der Waals surface area contributed by atoms with Crippen molar-refractivity contribution in [1.29, 1.82) is 0 Å². The molecule has 0 atom stereocenters. The van der Waals surface area contributed by atoms with Gasteiger partial charge < -0.3 is 14.0 Å². The van der Waals surface area contributed by atoms with E-state index in [1.165, 1.54) is 23.4 Å². The summed E-state index contributed by atoms with van der Waals surface area (Å²) in [6.45, 7) is 9.52. The van der Waals surface area contributed by atoms with Crippen LogP contribution in [0.1, 0.15) is 39.0 Å². The maximum absolute atomic E-state index is 11.4. The van der Waals surface area contributed by atoms with Crippen LogP contribution in [0.4, 0.5) is 0 Å². The SMILES string of the molecule is CCn1c(-c2cccnc2COC)c(CC(C)(C)COC(C)=O)c2cc(Br)ccc21. The molecular weight excluding hydrogens is 444 g/mol. The average molecular weight is 473 g/mol. The summed E-state index contributed by atoms with van der Waals surface area (Å²) in [5.41, 5.74) is 5.33. The summed E-state index contributed by atoms with van der Waals surface area (Å²) in [4.78, 5) is 16.0. The van der Waals surface area contributed by atoms with Gasteiger partial charge in [-0.05, 0) is 49.2 Å². The molecule has 0 saturated heterocycles. The number of esters is 1. The number of aryl methyl sites for hydroxylation is 1. The molecule has 0 radical (unpaired) electrons. The van der Waals surface area contributed by atoms with E-state index in [1.54, 1.807) is 13.3 Å². The van der Waals surface area contributed by atoms with Crippen molar-refractivity contribution >= 4 is 32.8 Å². The van der Waals surface area contributed by atoms with E-state index >= 15 is 0 Å². The maximum atomic E-state index is 11.4. The molecule has 0 saturated carbocycles. The van der Waals surface area contributed by atoms with Gasteiger partial charge in [-0.1, -0.05) is 29.8 Å². The molecule has 0 aliphatic heterocycles. The second-order valence-corrected chi connectivity index (χ2v) is 9.20. The van der Waals surface area contributed by atoms with Crippen molar-refractivity contribution in [2.24, 2.45) is 5.41 Å². The van der Waals surface area contributed by atoms with Gasteiger partial charge in [-0.25, -0.2) is 0 Å². The zero-order valence-corrected chi connectivity index (χ0v) is 19.9. The van der Waals surface area contributed by atoms with Gasteiger partial charge in [-0.15, -0.1) is 0 Å². The van der Waals surface area contributed by atoms with Crippen molar-refractivity contribution in [3.8, 4) is 11.3 Å². The molecule has 0 bridgehead atoms. The smallest absolute Gasteiger partial charge is 0.302 e. The molecule has 2 aromatic heterocycles. The lowest BCUT2D eigenvalue weighted by atomic mass is 9.84. The van der Waals surface area contributed by atoms with Gasteiger partial charge in [0.15, 0.2) is 0 Å². The highest BCUT2D eigenvalue weighted by Gasteiger charge is 2.27. The highest BCUT2D eigenvalue weighted by Crippen LogP contribution is 2.40. The van der Waals surface area contributed by atoms with Crippen molar-refractivity contribution in [2.75, 3.05) is 13.7 Å². The molecule has 160 valence electrons. The molecule has 0 spiro atoms. The van der Waals surface area contributed by atoms with Gasteiger partial charge in [0.1, 0.15) is 0 Å². The topological polar surface area (TPSA) is 53.4 Å². The molecule has 0 fully saturated rings. The summed E-state index contributed by atoms with van der Waals surface area (Å²) in [5.74, 6) is -0.253. The van der Waals surface area contributed by atoms with Crippen molar-refractivity contribution in [3.63, 3.8) is 0 Å². The van der Waals surface area contributed by atoms with Crippen LogP contribution in [0.25, 0.3) is 22.2 Å². The van der Waals surface area contributed by atoms with Crippen molar-refractivity contribution < 1.29 is 14.3 Å². The van der Waals surface area contributed by atoms with Crippen LogP contribution in [0.15, 0.2) is 41.0 Å². The van der Waals surface area contributed by atoms with Crippen LogP contribution >= 0.6 is 15.9 Å². The summed E-state index contributed by atoms with van der Waals surface area (Å²) in [6, 6.07) is 10.5. The second-order valence-electron chi connectivity index (χ2n) is 8.28. The van der Waals surface area contributed by atoms with Crippen molar-refractivity contribution in [1.82, 2.24) is 9.55 Å². The van der Waals surface area contributed by atoms with Crippen LogP contribution in [0, 0.1) is 5.41 Å². The number of hydrogen-bond donors (Lipinski definition) is 0. The fourth-order valence-corrected chi connectivity index (χ4v) is 4.30. The van der Waals surface area contributed by atoms with Gasteiger partial charge >= 0.3 is 5.97 Å². The van der Waals surface area contributed by atoms with Crippen LogP contribution < -0.4 is 0 Å². The van der Waals surface area contributed by atoms with E-state index in [0.29, 0.717) is 13.2 Å². The zero-order chi connectivity index (χ0) is 21.9. The van der Waals surface area contributed by atoms with E-state index in [-0.39, 0.29) is 11.4 Å². The summed E-state index contributed by atoms with van der Waals surface area (Å²) in [6.07, 6.45) is 2.56. The van der Waals surface area contributed by atoms with Crippen LogP contribution in [0.5, 0.6) is 0 Å². The van der Waals surface area contributed by atoms with Crippen molar-refractivity contribution in [2.45, 2.75) is 47.3 Å². The van der Waals surface area contributed by atoms with Gasteiger partial charge in [0.05, 0.1) is 24.6 Å². The standard InChI is InChI=1S/C24H29BrN2O3/c1-6-27-22-10-9-17(25)12-19(22)20(13-24(3,4)15-30-16(2)28)23(27)18-8-7-11-26-21(18)14-29-5/h7-12H,6,13-15H2,1-5H3. The van der Waals surface area contributed by atoms with Crippen LogP contribution in [0.3, 0.4) is 0 Å². The van der Waals surface area contributed by atoms with E-state index in [1.807, 2.05) is 6.07 Å². The minimum Gasteiger partial charge on any atom is -0.465 e. The predicted octanol–water partition coefficient (Wildman–Crippen LogP) is 5.76.